The van der Waals surface area contributed by atoms with E-state index in [0.717, 1.165) is 43.0 Å². The van der Waals surface area contributed by atoms with Gasteiger partial charge in [-0.1, -0.05) is 0 Å². The molecule has 8 heteroatoms. The Kier molecular flexibility index (Phi) is 6.52. The Morgan fingerprint density at radius 2 is 1.65 bits per heavy atom. The van der Waals surface area contributed by atoms with Gasteiger partial charge in [-0.05, 0) is 80.6 Å². The largest absolute Gasteiger partial charge is 0.507 e. The molecule has 0 spiro atoms. The van der Waals surface area contributed by atoms with Crippen molar-refractivity contribution in [2.24, 2.45) is 0 Å². The van der Waals surface area contributed by atoms with Crippen molar-refractivity contribution in [2.75, 3.05) is 50.1 Å². The number of hydrogen-bond donors (Lipinski definition) is 1. The Balaban J connectivity index is 1.57. The van der Waals surface area contributed by atoms with E-state index < -0.39 is 17.7 Å². The first kappa shape index (κ1) is 24.6. The number of Topliss-reactive ketones (excluding diaryl/α,β-unsaturated/α-hetero) is 1. The number of piperazine rings is 1. The average Bonchev–Trinajstić information content (AvgIpc) is 3.52. The number of carbonyl (C=O) groups excluding carboxylic acids is 2. The summed E-state index contributed by atoms with van der Waals surface area (Å²) in [4.78, 5) is 32.8. The van der Waals surface area contributed by atoms with Gasteiger partial charge in [0.05, 0.1) is 18.9 Å². The van der Waals surface area contributed by atoms with Crippen molar-refractivity contribution >= 4 is 28.8 Å². The molecule has 0 saturated carbocycles. The Labute approximate surface area is 216 Å². The highest BCUT2D eigenvalue weighted by Gasteiger charge is 2.48. The highest BCUT2D eigenvalue weighted by Crippen LogP contribution is 2.43. The lowest BCUT2D eigenvalue weighted by Crippen LogP contribution is -2.44. The number of rotatable bonds is 5. The normalized spacial score (nSPS) is 20.1. The third-order valence-corrected chi connectivity index (χ3v) is 7.25. The van der Waals surface area contributed by atoms with Crippen LogP contribution >= 0.6 is 0 Å². The van der Waals surface area contributed by atoms with Crippen LogP contribution in [0, 0.1) is 13.8 Å². The standard InChI is InChI=1S/C29H31N3O5/c1-18-17-24(36-4)19(2)16-22(18)27(33)25-26(23-6-5-15-37-23)32(29(35)28(25)34)21-9-7-20(8-10-21)31-13-11-30(3)12-14-31/h5-10,15-17,26,33H,11-14H2,1-4H3/b27-25-. The number of aliphatic hydroxyl groups excluding tert-OH is 1. The molecule has 37 heavy (non-hydrogen) atoms. The van der Waals surface area contributed by atoms with Crippen molar-refractivity contribution in [3.8, 4) is 5.75 Å². The molecule has 3 aromatic rings. The minimum absolute atomic E-state index is 0.00392. The molecule has 1 atom stereocenters. The predicted molar refractivity (Wildman–Crippen MR) is 142 cm³/mol. The second-order valence-electron chi connectivity index (χ2n) is 9.63. The number of aliphatic hydroxyl groups is 1. The van der Waals surface area contributed by atoms with Crippen molar-refractivity contribution in [1.29, 1.82) is 0 Å². The number of methoxy groups -OCH3 is 1. The highest BCUT2D eigenvalue weighted by molar-refractivity contribution is 6.51. The zero-order chi connectivity index (χ0) is 26.3. The molecule has 2 fully saturated rings. The number of hydrogen-bond acceptors (Lipinski definition) is 7. The van der Waals surface area contributed by atoms with Crippen molar-refractivity contribution in [1.82, 2.24) is 4.90 Å². The molecule has 0 bridgehead atoms. The number of aryl methyl sites for hydroxylation is 2. The van der Waals surface area contributed by atoms with E-state index in [1.807, 2.05) is 38.1 Å². The number of ketones is 1. The molecule has 0 aliphatic carbocycles. The average molecular weight is 502 g/mol. The van der Waals surface area contributed by atoms with Crippen LogP contribution in [0.1, 0.15) is 28.5 Å². The molecule has 8 nitrogen and oxygen atoms in total. The zero-order valence-electron chi connectivity index (χ0n) is 21.5. The maximum Gasteiger partial charge on any atom is 0.300 e. The minimum Gasteiger partial charge on any atom is -0.507 e. The molecule has 2 saturated heterocycles. The lowest BCUT2D eigenvalue weighted by atomic mass is 9.95. The van der Waals surface area contributed by atoms with Crippen LogP contribution in [0.15, 0.2) is 64.8 Å². The van der Waals surface area contributed by atoms with E-state index in [1.54, 1.807) is 31.4 Å². The van der Waals surface area contributed by atoms with E-state index in [0.29, 0.717) is 22.8 Å². The molecule has 0 radical (unpaired) electrons. The van der Waals surface area contributed by atoms with Crippen molar-refractivity contribution in [3.05, 3.63) is 82.8 Å². The van der Waals surface area contributed by atoms with Gasteiger partial charge in [-0.3, -0.25) is 14.5 Å². The van der Waals surface area contributed by atoms with Gasteiger partial charge in [0.2, 0.25) is 0 Å². The summed E-state index contributed by atoms with van der Waals surface area (Å²) in [6.45, 7) is 7.50. The topological polar surface area (TPSA) is 86.5 Å². The monoisotopic (exact) mass is 501 g/mol. The van der Waals surface area contributed by atoms with Crippen LogP contribution in [-0.2, 0) is 9.59 Å². The highest BCUT2D eigenvalue weighted by atomic mass is 16.5. The van der Waals surface area contributed by atoms with Gasteiger partial charge in [0, 0.05) is 43.1 Å². The molecule has 1 unspecified atom stereocenters. The Bertz CT molecular complexity index is 1350. The molecular weight excluding hydrogens is 470 g/mol. The fraction of sp³-hybridized carbons (Fsp3) is 0.310. The maximum atomic E-state index is 13.4. The quantitative estimate of drug-likeness (QED) is 0.317. The van der Waals surface area contributed by atoms with Gasteiger partial charge in [-0.25, -0.2) is 0 Å². The first-order valence-electron chi connectivity index (χ1n) is 12.3. The van der Waals surface area contributed by atoms with Gasteiger partial charge in [0.1, 0.15) is 23.3 Å². The molecule has 1 aromatic heterocycles. The van der Waals surface area contributed by atoms with Crippen LogP contribution < -0.4 is 14.5 Å². The molecule has 3 heterocycles. The minimum atomic E-state index is -0.897. The SMILES string of the molecule is COc1cc(C)c(/C(O)=C2/C(=O)C(=O)N(c3ccc(N4CCN(C)CC4)cc3)C2c2ccco2)cc1C. The molecule has 5 rings (SSSR count). The van der Waals surface area contributed by atoms with Crippen molar-refractivity contribution < 1.29 is 23.8 Å². The Morgan fingerprint density at radius 3 is 2.27 bits per heavy atom. The first-order valence-corrected chi connectivity index (χ1v) is 12.3. The smallest absolute Gasteiger partial charge is 0.300 e. The number of furan rings is 1. The third-order valence-electron chi connectivity index (χ3n) is 7.25. The number of likely N-dealkylation sites (N-methyl/N-ethyl adjacent to an activating group) is 1. The van der Waals surface area contributed by atoms with E-state index in [2.05, 4.69) is 16.8 Å². The van der Waals surface area contributed by atoms with Crippen molar-refractivity contribution in [2.45, 2.75) is 19.9 Å². The molecule has 1 N–H and O–H groups in total. The number of carbonyl (C=O) groups is 2. The van der Waals surface area contributed by atoms with Crippen LogP contribution in [0.3, 0.4) is 0 Å². The van der Waals surface area contributed by atoms with Gasteiger partial charge in [-0.15, -0.1) is 0 Å². The van der Waals surface area contributed by atoms with E-state index in [1.165, 1.54) is 11.2 Å². The van der Waals surface area contributed by atoms with Crippen LogP contribution in [-0.4, -0.2) is 62.0 Å². The van der Waals surface area contributed by atoms with Crippen LogP contribution in [0.5, 0.6) is 5.75 Å². The molecule has 2 aromatic carbocycles. The third kappa shape index (κ3) is 4.38. The van der Waals surface area contributed by atoms with Gasteiger partial charge in [0.15, 0.2) is 0 Å². The number of ether oxygens (including phenoxy) is 1. The van der Waals surface area contributed by atoms with Gasteiger partial charge in [-0.2, -0.15) is 0 Å². The summed E-state index contributed by atoms with van der Waals surface area (Å²) in [5, 5.41) is 11.4. The van der Waals surface area contributed by atoms with E-state index in [9.17, 15) is 14.7 Å². The molecule has 2 aliphatic rings. The molecule has 1 amide bonds. The summed E-state index contributed by atoms with van der Waals surface area (Å²) >= 11 is 0. The van der Waals surface area contributed by atoms with Crippen molar-refractivity contribution in [3.63, 3.8) is 0 Å². The van der Waals surface area contributed by atoms with Gasteiger partial charge < -0.3 is 24.1 Å². The summed E-state index contributed by atoms with van der Waals surface area (Å²) in [5.41, 5.74) is 3.61. The lowest BCUT2D eigenvalue weighted by Gasteiger charge is -2.34. The van der Waals surface area contributed by atoms with Gasteiger partial charge >= 0.3 is 0 Å². The molecule has 2 aliphatic heterocycles. The van der Waals surface area contributed by atoms with E-state index in [4.69, 9.17) is 9.15 Å². The number of anilines is 2. The second kappa shape index (κ2) is 9.78. The second-order valence-corrected chi connectivity index (χ2v) is 9.63. The van der Waals surface area contributed by atoms with Crippen LogP contribution in [0.2, 0.25) is 0 Å². The lowest BCUT2D eigenvalue weighted by molar-refractivity contribution is -0.132. The predicted octanol–water partition coefficient (Wildman–Crippen LogP) is 4.28. The van der Waals surface area contributed by atoms with Crippen LogP contribution in [0.25, 0.3) is 5.76 Å². The maximum absolute atomic E-state index is 13.4. The summed E-state index contributed by atoms with van der Waals surface area (Å²) in [6, 6.07) is 13.7. The Hall–Kier alpha value is -4.04. The molecule has 192 valence electrons. The summed E-state index contributed by atoms with van der Waals surface area (Å²) in [7, 11) is 3.69. The summed E-state index contributed by atoms with van der Waals surface area (Å²) in [6.07, 6.45) is 1.49. The van der Waals surface area contributed by atoms with E-state index in [-0.39, 0.29) is 11.3 Å². The fourth-order valence-corrected chi connectivity index (χ4v) is 5.11. The fourth-order valence-electron chi connectivity index (χ4n) is 5.11. The summed E-state index contributed by atoms with van der Waals surface area (Å²) in [5.74, 6) is -0.628. The van der Waals surface area contributed by atoms with E-state index >= 15 is 0 Å². The number of benzene rings is 2. The van der Waals surface area contributed by atoms with Crippen LogP contribution in [0.4, 0.5) is 11.4 Å². The number of nitrogens with zero attached hydrogens (tertiary/aromatic N) is 3. The van der Waals surface area contributed by atoms with Gasteiger partial charge in [0.25, 0.3) is 11.7 Å². The molecular formula is C29H31N3O5. The number of amides is 1. The first-order chi connectivity index (χ1) is 17.8. The Morgan fingerprint density at radius 1 is 0.973 bits per heavy atom. The zero-order valence-corrected chi connectivity index (χ0v) is 21.5. The summed E-state index contributed by atoms with van der Waals surface area (Å²) < 4.78 is 11.1.